The molecule has 0 amide bonds. The van der Waals surface area contributed by atoms with Gasteiger partial charge in [0.15, 0.2) is 0 Å². The molecule has 0 saturated heterocycles. The minimum Gasteiger partial charge on any atom is -0.381 e. The van der Waals surface area contributed by atoms with E-state index in [1.165, 1.54) is 0 Å². The van der Waals surface area contributed by atoms with Crippen molar-refractivity contribution in [2.45, 2.75) is 44.5 Å². The van der Waals surface area contributed by atoms with Crippen LogP contribution < -0.4 is 0 Å². The lowest BCUT2D eigenvalue weighted by Gasteiger charge is -2.30. The second-order valence-corrected chi connectivity index (χ2v) is 5.39. The minimum atomic E-state index is -0.636. The Morgan fingerprint density at radius 2 is 1.85 bits per heavy atom. The predicted molar refractivity (Wildman–Crippen MR) is 73.6 cm³/mol. The topological polar surface area (TPSA) is 18.5 Å². The molecule has 20 heavy (non-hydrogen) atoms. The summed E-state index contributed by atoms with van der Waals surface area (Å²) < 4.78 is 38.4. The number of rotatable bonds is 4. The smallest absolute Gasteiger partial charge is 0.142 e. The second kappa shape index (κ2) is 6.83. The molecule has 3 atom stereocenters. The van der Waals surface area contributed by atoms with Gasteiger partial charge in [0, 0.05) is 12.7 Å². The molecule has 0 aliphatic heterocycles. The lowest BCUT2D eigenvalue weighted by atomic mass is 9.94. The zero-order chi connectivity index (χ0) is 14.7. The molecule has 0 heterocycles. The molecule has 111 valence electrons. The van der Waals surface area contributed by atoms with Crippen LogP contribution in [0.4, 0.5) is 8.78 Å². The molecule has 0 aromatic heterocycles. The number of hydrogen-bond acceptors (Lipinski definition) is 2. The van der Waals surface area contributed by atoms with Crippen LogP contribution in [-0.2, 0) is 9.47 Å². The predicted octanol–water partition coefficient (Wildman–Crippen LogP) is 4.47. The summed E-state index contributed by atoms with van der Waals surface area (Å²) in [6.45, 7) is 1.68. The van der Waals surface area contributed by atoms with Gasteiger partial charge in [-0.25, -0.2) is 8.78 Å². The summed E-state index contributed by atoms with van der Waals surface area (Å²) in [7, 11) is 1.66. The van der Waals surface area contributed by atoms with Crippen molar-refractivity contribution >= 4 is 11.6 Å². The molecular formula is C15H18ClF2O2. The minimum absolute atomic E-state index is 0.0672. The van der Waals surface area contributed by atoms with Gasteiger partial charge in [-0.1, -0.05) is 11.6 Å². The molecule has 0 spiro atoms. The fourth-order valence-electron chi connectivity index (χ4n) is 2.53. The van der Waals surface area contributed by atoms with Crippen LogP contribution in [0, 0.1) is 18.1 Å². The summed E-state index contributed by atoms with van der Waals surface area (Å²) in [5.74, 6) is -1.18. The van der Waals surface area contributed by atoms with E-state index in [0.717, 1.165) is 31.4 Å². The SMILES string of the molecule is COC1C[CH]CC(OC(C)c2c(F)ccc(F)c2Cl)C1. The Kier molecular flexibility index (Phi) is 5.35. The van der Waals surface area contributed by atoms with Crippen molar-refractivity contribution < 1.29 is 18.3 Å². The van der Waals surface area contributed by atoms with E-state index in [0.29, 0.717) is 0 Å². The largest absolute Gasteiger partial charge is 0.381 e. The van der Waals surface area contributed by atoms with Crippen LogP contribution in [0.15, 0.2) is 12.1 Å². The van der Waals surface area contributed by atoms with Crippen LogP contribution >= 0.6 is 11.6 Å². The van der Waals surface area contributed by atoms with Crippen LogP contribution in [0.25, 0.3) is 0 Å². The highest BCUT2D eigenvalue weighted by Crippen LogP contribution is 2.33. The Morgan fingerprint density at radius 3 is 2.55 bits per heavy atom. The monoisotopic (exact) mass is 303 g/mol. The first-order chi connectivity index (χ1) is 9.52. The molecule has 1 aliphatic rings. The van der Waals surface area contributed by atoms with E-state index in [4.69, 9.17) is 21.1 Å². The van der Waals surface area contributed by atoms with Gasteiger partial charge in [0.25, 0.3) is 0 Å². The highest BCUT2D eigenvalue weighted by molar-refractivity contribution is 6.31. The second-order valence-electron chi connectivity index (χ2n) is 5.01. The van der Waals surface area contributed by atoms with Crippen molar-refractivity contribution in [1.29, 1.82) is 0 Å². The average molecular weight is 304 g/mol. The number of halogens is 3. The normalized spacial score (nSPS) is 24.6. The molecule has 1 aliphatic carbocycles. The molecule has 0 bridgehead atoms. The van der Waals surface area contributed by atoms with Crippen molar-refractivity contribution in [2.75, 3.05) is 7.11 Å². The van der Waals surface area contributed by atoms with E-state index in [1.54, 1.807) is 14.0 Å². The molecular weight excluding hydrogens is 286 g/mol. The summed E-state index contributed by atoms with van der Waals surface area (Å²) in [6.07, 6.45) is 3.95. The molecule has 5 heteroatoms. The Morgan fingerprint density at radius 1 is 1.20 bits per heavy atom. The Labute approximate surface area is 123 Å². The van der Waals surface area contributed by atoms with E-state index in [1.807, 2.05) is 0 Å². The van der Waals surface area contributed by atoms with Gasteiger partial charge in [-0.15, -0.1) is 0 Å². The van der Waals surface area contributed by atoms with E-state index in [9.17, 15) is 8.78 Å². The highest BCUT2D eigenvalue weighted by Gasteiger charge is 2.26. The third-order valence-electron chi connectivity index (χ3n) is 3.60. The van der Waals surface area contributed by atoms with Gasteiger partial charge in [0.05, 0.1) is 23.3 Å². The first-order valence-electron chi connectivity index (χ1n) is 6.66. The van der Waals surface area contributed by atoms with E-state index in [-0.39, 0.29) is 22.8 Å². The third kappa shape index (κ3) is 3.48. The maximum Gasteiger partial charge on any atom is 0.142 e. The maximum absolute atomic E-state index is 13.8. The fraction of sp³-hybridized carbons (Fsp3) is 0.533. The lowest BCUT2D eigenvalue weighted by molar-refractivity contribution is -0.0506. The van der Waals surface area contributed by atoms with E-state index < -0.39 is 17.7 Å². The lowest BCUT2D eigenvalue weighted by Crippen LogP contribution is -2.28. The van der Waals surface area contributed by atoms with Crippen LogP contribution in [0.5, 0.6) is 0 Å². The highest BCUT2D eigenvalue weighted by atomic mass is 35.5. The molecule has 2 rings (SSSR count). The van der Waals surface area contributed by atoms with Gasteiger partial charge >= 0.3 is 0 Å². The van der Waals surface area contributed by atoms with Crippen LogP contribution in [0.3, 0.4) is 0 Å². The first kappa shape index (κ1) is 15.7. The standard InChI is InChI=1S/C15H18ClF2O2/c1-9(14-12(17)6-7-13(18)15(14)16)20-11-5-3-4-10(8-11)19-2/h3,6-7,9-11H,4-5,8H2,1-2H3. The number of benzene rings is 1. The van der Waals surface area contributed by atoms with Crippen LogP contribution in [0.1, 0.15) is 37.9 Å². The first-order valence-corrected chi connectivity index (χ1v) is 7.04. The van der Waals surface area contributed by atoms with Crippen molar-refractivity contribution in [2.24, 2.45) is 0 Å². The summed E-state index contributed by atoms with van der Waals surface area (Å²) in [5.41, 5.74) is 0.0752. The quantitative estimate of drug-likeness (QED) is 0.764. The summed E-state index contributed by atoms with van der Waals surface area (Å²) >= 11 is 5.84. The van der Waals surface area contributed by atoms with Gasteiger partial charge in [-0.05, 0) is 44.7 Å². The molecule has 1 aromatic rings. The zero-order valence-corrected chi connectivity index (χ0v) is 12.3. The maximum atomic E-state index is 13.8. The van der Waals surface area contributed by atoms with Gasteiger partial charge in [-0.2, -0.15) is 0 Å². The zero-order valence-electron chi connectivity index (χ0n) is 11.5. The molecule has 1 aromatic carbocycles. The number of ether oxygens (including phenoxy) is 2. The fourth-order valence-corrected chi connectivity index (χ4v) is 2.84. The van der Waals surface area contributed by atoms with Crippen molar-refractivity contribution in [1.82, 2.24) is 0 Å². The third-order valence-corrected chi connectivity index (χ3v) is 3.98. The van der Waals surface area contributed by atoms with Crippen molar-refractivity contribution in [3.8, 4) is 0 Å². The summed E-state index contributed by atoms with van der Waals surface area (Å²) in [6, 6.07) is 2.09. The molecule has 1 fully saturated rings. The van der Waals surface area contributed by atoms with Gasteiger partial charge in [0.1, 0.15) is 11.6 Å². The van der Waals surface area contributed by atoms with E-state index in [2.05, 4.69) is 6.42 Å². The van der Waals surface area contributed by atoms with Crippen molar-refractivity contribution in [3.05, 3.63) is 40.8 Å². The van der Waals surface area contributed by atoms with E-state index >= 15 is 0 Å². The van der Waals surface area contributed by atoms with Crippen molar-refractivity contribution in [3.63, 3.8) is 0 Å². The number of methoxy groups -OCH3 is 1. The molecule has 1 saturated carbocycles. The molecule has 1 radical (unpaired) electrons. The van der Waals surface area contributed by atoms with Crippen LogP contribution in [0.2, 0.25) is 5.02 Å². The Balaban J connectivity index is 2.08. The number of hydrogen-bond donors (Lipinski definition) is 0. The van der Waals surface area contributed by atoms with Gasteiger partial charge < -0.3 is 9.47 Å². The van der Waals surface area contributed by atoms with Gasteiger partial charge in [-0.3, -0.25) is 0 Å². The molecule has 3 unspecified atom stereocenters. The summed E-state index contributed by atoms with van der Waals surface area (Å²) in [4.78, 5) is 0. The van der Waals surface area contributed by atoms with Crippen LogP contribution in [-0.4, -0.2) is 19.3 Å². The summed E-state index contributed by atoms with van der Waals surface area (Å²) in [5, 5.41) is -0.208. The van der Waals surface area contributed by atoms with Gasteiger partial charge in [0.2, 0.25) is 0 Å². The Hall–Kier alpha value is -0.710. The Bertz CT molecular complexity index is 467. The molecule has 0 N–H and O–H groups in total. The average Bonchev–Trinajstić information content (AvgIpc) is 2.43. The molecule has 2 nitrogen and oxygen atoms in total.